The van der Waals surface area contributed by atoms with Crippen molar-refractivity contribution in [3.05, 3.63) is 12.2 Å². The molecule has 1 aromatic heterocycles. The molecule has 0 radical (unpaired) electrons. The van der Waals surface area contributed by atoms with E-state index in [-0.39, 0.29) is 0 Å². The van der Waals surface area contributed by atoms with Crippen molar-refractivity contribution in [3.63, 3.8) is 0 Å². The van der Waals surface area contributed by atoms with Crippen LogP contribution in [-0.2, 0) is 6.42 Å². The molecule has 1 N–H and O–H groups in total. The van der Waals surface area contributed by atoms with Crippen LogP contribution in [0.3, 0.4) is 0 Å². The van der Waals surface area contributed by atoms with Gasteiger partial charge in [-0.2, -0.15) is 5.10 Å². The number of aromatic nitrogens is 3. The number of nitrogens with zero attached hydrogens (tertiary/aromatic N) is 3. The van der Waals surface area contributed by atoms with E-state index in [9.17, 15) is 0 Å². The topological polar surface area (TPSA) is 42.7 Å². The predicted octanol–water partition coefficient (Wildman–Crippen LogP) is 1.54. The Labute approximate surface area is 91.1 Å². The van der Waals surface area contributed by atoms with E-state index < -0.39 is 0 Å². The second-order valence-electron chi connectivity index (χ2n) is 4.57. The van der Waals surface area contributed by atoms with Gasteiger partial charge in [-0.1, -0.05) is 6.42 Å². The first-order valence-electron chi connectivity index (χ1n) is 5.89. The summed E-state index contributed by atoms with van der Waals surface area (Å²) in [7, 11) is 0. The summed E-state index contributed by atoms with van der Waals surface area (Å²) in [5.74, 6) is 1.12. The molecule has 4 nitrogen and oxygen atoms in total. The van der Waals surface area contributed by atoms with Gasteiger partial charge in [-0.3, -0.25) is 0 Å². The van der Waals surface area contributed by atoms with Crippen molar-refractivity contribution in [2.24, 2.45) is 0 Å². The Kier molecular flexibility index (Phi) is 3.36. The summed E-state index contributed by atoms with van der Waals surface area (Å²) < 4.78 is 2.02. The quantitative estimate of drug-likeness (QED) is 0.819. The molecule has 1 fully saturated rings. The first kappa shape index (κ1) is 10.6. The molecule has 1 unspecified atom stereocenters. The largest absolute Gasteiger partial charge is 0.314 e. The summed E-state index contributed by atoms with van der Waals surface area (Å²) >= 11 is 0. The van der Waals surface area contributed by atoms with Crippen molar-refractivity contribution in [1.82, 2.24) is 20.1 Å². The highest BCUT2D eigenvalue weighted by atomic mass is 15.3. The van der Waals surface area contributed by atoms with Crippen LogP contribution in [-0.4, -0.2) is 27.4 Å². The maximum Gasteiger partial charge on any atom is 0.138 e. The Bertz CT molecular complexity index is 299. The number of piperidine rings is 1. The van der Waals surface area contributed by atoms with Gasteiger partial charge >= 0.3 is 0 Å². The lowest BCUT2D eigenvalue weighted by Crippen LogP contribution is -2.36. The van der Waals surface area contributed by atoms with Gasteiger partial charge in [0, 0.05) is 18.5 Å². The smallest absolute Gasteiger partial charge is 0.138 e. The SMILES string of the molecule is CC(C)n1ncnc1CC1CCCCN1. The predicted molar refractivity (Wildman–Crippen MR) is 59.8 cm³/mol. The maximum atomic E-state index is 4.34. The van der Waals surface area contributed by atoms with E-state index >= 15 is 0 Å². The molecule has 0 saturated carbocycles. The van der Waals surface area contributed by atoms with E-state index in [0.717, 1.165) is 18.8 Å². The monoisotopic (exact) mass is 208 g/mol. The average Bonchev–Trinajstić information content (AvgIpc) is 2.67. The highest BCUT2D eigenvalue weighted by molar-refractivity contribution is 4.92. The van der Waals surface area contributed by atoms with E-state index in [2.05, 4.69) is 29.2 Å². The molecule has 0 bridgehead atoms. The second kappa shape index (κ2) is 4.75. The third-order valence-corrected chi connectivity index (χ3v) is 2.98. The fourth-order valence-electron chi connectivity index (χ4n) is 2.17. The zero-order chi connectivity index (χ0) is 10.7. The number of hydrogen-bond donors (Lipinski definition) is 1. The van der Waals surface area contributed by atoms with Gasteiger partial charge in [-0.25, -0.2) is 9.67 Å². The number of nitrogens with one attached hydrogen (secondary N) is 1. The number of hydrogen-bond acceptors (Lipinski definition) is 3. The lowest BCUT2D eigenvalue weighted by atomic mass is 10.0. The molecule has 0 spiro atoms. The van der Waals surface area contributed by atoms with Crippen LogP contribution in [0.25, 0.3) is 0 Å². The Hall–Kier alpha value is -0.900. The molecule has 0 aliphatic carbocycles. The molecule has 0 amide bonds. The van der Waals surface area contributed by atoms with E-state index in [0.29, 0.717) is 12.1 Å². The minimum atomic E-state index is 0.408. The van der Waals surface area contributed by atoms with Crippen LogP contribution in [0.2, 0.25) is 0 Å². The van der Waals surface area contributed by atoms with Gasteiger partial charge < -0.3 is 5.32 Å². The first-order chi connectivity index (χ1) is 7.27. The van der Waals surface area contributed by atoms with Gasteiger partial charge in [-0.15, -0.1) is 0 Å². The third-order valence-electron chi connectivity index (χ3n) is 2.98. The lowest BCUT2D eigenvalue weighted by Gasteiger charge is -2.23. The molecular formula is C11H20N4. The fourth-order valence-corrected chi connectivity index (χ4v) is 2.17. The molecule has 84 valence electrons. The summed E-state index contributed by atoms with van der Waals surface area (Å²) in [4.78, 5) is 4.34. The lowest BCUT2D eigenvalue weighted by molar-refractivity contribution is 0.382. The molecule has 0 aromatic carbocycles. The third kappa shape index (κ3) is 2.56. The summed E-state index contributed by atoms with van der Waals surface area (Å²) in [5.41, 5.74) is 0. The van der Waals surface area contributed by atoms with Crippen molar-refractivity contribution < 1.29 is 0 Å². The van der Waals surface area contributed by atoms with Gasteiger partial charge in [-0.05, 0) is 33.2 Å². The fraction of sp³-hybridized carbons (Fsp3) is 0.818. The van der Waals surface area contributed by atoms with Gasteiger partial charge in [0.2, 0.25) is 0 Å². The zero-order valence-corrected chi connectivity index (χ0v) is 9.61. The van der Waals surface area contributed by atoms with Crippen molar-refractivity contribution in [3.8, 4) is 0 Å². The Morgan fingerprint density at radius 2 is 2.40 bits per heavy atom. The Morgan fingerprint density at radius 3 is 3.07 bits per heavy atom. The molecule has 2 rings (SSSR count). The summed E-state index contributed by atoms with van der Waals surface area (Å²) in [5, 5.41) is 7.80. The molecule has 15 heavy (non-hydrogen) atoms. The van der Waals surface area contributed by atoms with Crippen LogP contribution >= 0.6 is 0 Å². The molecule has 1 atom stereocenters. The molecular weight excluding hydrogens is 188 g/mol. The standard InChI is InChI=1S/C11H20N4/c1-9(2)15-11(13-8-14-15)7-10-5-3-4-6-12-10/h8-10,12H,3-7H2,1-2H3. The van der Waals surface area contributed by atoms with Gasteiger partial charge in [0.05, 0.1) is 0 Å². The van der Waals surface area contributed by atoms with Crippen LogP contribution in [0.1, 0.15) is 45.0 Å². The van der Waals surface area contributed by atoms with E-state index in [1.807, 2.05) is 4.68 Å². The minimum absolute atomic E-state index is 0.408. The molecule has 1 aliphatic heterocycles. The Balaban J connectivity index is 1.99. The normalized spacial score (nSPS) is 22.2. The van der Waals surface area contributed by atoms with Crippen molar-refractivity contribution in [1.29, 1.82) is 0 Å². The molecule has 1 saturated heterocycles. The second-order valence-corrected chi connectivity index (χ2v) is 4.57. The highest BCUT2D eigenvalue weighted by Gasteiger charge is 2.16. The molecule has 1 aromatic rings. The zero-order valence-electron chi connectivity index (χ0n) is 9.61. The van der Waals surface area contributed by atoms with Gasteiger partial charge in [0.25, 0.3) is 0 Å². The van der Waals surface area contributed by atoms with Gasteiger partial charge in [0.15, 0.2) is 0 Å². The van der Waals surface area contributed by atoms with Crippen molar-refractivity contribution >= 4 is 0 Å². The van der Waals surface area contributed by atoms with E-state index in [1.54, 1.807) is 6.33 Å². The van der Waals surface area contributed by atoms with Crippen LogP contribution in [0, 0.1) is 0 Å². The summed E-state index contributed by atoms with van der Waals surface area (Å²) in [6, 6.07) is 1.01. The van der Waals surface area contributed by atoms with Crippen LogP contribution in [0.15, 0.2) is 6.33 Å². The van der Waals surface area contributed by atoms with E-state index in [1.165, 1.54) is 19.3 Å². The van der Waals surface area contributed by atoms with Crippen molar-refractivity contribution in [2.75, 3.05) is 6.54 Å². The minimum Gasteiger partial charge on any atom is -0.314 e. The molecule has 2 heterocycles. The summed E-state index contributed by atoms with van der Waals surface area (Å²) in [6.07, 6.45) is 6.60. The van der Waals surface area contributed by atoms with E-state index in [4.69, 9.17) is 0 Å². The molecule has 1 aliphatic rings. The summed E-state index contributed by atoms with van der Waals surface area (Å²) in [6.45, 7) is 5.44. The van der Waals surface area contributed by atoms with Crippen LogP contribution in [0.4, 0.5) is 0 Å². The number of rotatable bonds is 3. The average molecular weight is 208 g/mol. The van der Waals surface area contributed by atoms with Crippen LogP contribution in [0.5, 0.6) is 0 Å². The first-order valence-corrected chi connectivity index (χ1v) is 5.89. The van der Waals surface area contributed by atoms with Crippen molar-refractivity contribution in [2.45, 2.75) is 51.6 Å². The highest BCUT2D eigenvalue weighted by Crippen LogP contribution is 2.13. The maximum absolute atomic E-state index is 4.34. The molecule has 4 heteroatoms. The van der Waals surface area contributed by atoms with Gasteiger partial charge in [0.1, 0.15) is 12.2 Å². The Morgan fingerprint density at radius 1 is 1.53 bits per heavy atom. The van der Waals surface area contributed by atoms with Crippen LogP contribution < -0.4 is 5.32 Å².